The number of nitrogens with one attached hydrogen (secondary N) is 2. The van der Waals surface area contributed by atoms with Gasteiger partial charge in [-0.05, 0) is 6.92 Å². The van der Waals surface area contributed by atoms with Crippen LogP contribution in [0.1, 0.15) is 18.3 Å². The van der Waals surface area contributed by atoms with Crippen molar-refractivity contribution in [2.24, 2.45) is 0 Å². The first-order chi connectivity index (χ1) is 7.22. The van der Waals surface area contributed by atoms with Crippen molar-refractivity contribution in [3.8, 4) is 0 Å². The highest BCUT2D eigenvalue weighted by Gasteiger charge is 2.27. The number of carbonyl (C=O) groups is 1. The van der Waals surface area contributed by atoms with Gasteiger partial charge in [-0.1, -0.05) is 0 Å². The van der Waals surface area contributed by atoms with Crippen LogP contribution in [-0.2, 0) is 17.8 Å². The minimum Gasteiger partial charge on any atom is -0.347 e. The van der Waals surface area contributed by atoms with Crippen molar-refractivity contribution < 1.29 is 4.79 Å². The number of nitrogens with zero attached hydrogens (tertiary/aromatic N) is 2. The largest absolute Gasteiger partial charge is 0.347 e. The molecule has 1 atom stereocenters. The van der Waals surface area contributed by atoms with Gasteiger partial charge in [-0.2, -0.15) is 0 Å². The van der Waals surface area contributed by atoms with Gasteiger partial charge in [-0.15, -0.1) is 0 Å². The second-order valence-corrected chi connectivity index (χ2v) is 3.82. The maximum atomic E-state index is 11.9. The van der Waals surface area contributed by atoms with Crippen LogP contribution in [0.2, 0.25) is 0 Å². The van der Waals surface area contributed by atoms with Gasteiger partial charge in [-0.25, -0.2) is 4.98 Å². The minimum absolute atomic E-state index is 0.120. The van der Waals surface area contributed by atoms with Gasteiger partial charge >= 0.3 is 0 Å². The predicted molar refractivity (Wildman–Crippen MR) is 56.2 cm³/mol. The molecule has 0 saturated carbocycles. The molecule has 82 valence electrons. The van der Waals surface area contributed by atoms with Crippen molar-refractivity contribution in [3.05, 3.63) is 17.7 Å². The molecule has 1 unspecified atom stereocenters. The maximum absolute atomic E-state index is 11.9. The molecular formula is C10H16N4O. The average Bonchev–Trinajstić information content (AvgIpc) is 2.73. The Kier molecular flexibility index (Phi) is 2.73. The third kappa shape index (κ3) is 1.87. The van der Waals surface area contributed by atoms with Crippen molar-refractivity contribution in [3.63, 3.8) is 0 Å². The fourth-order valence-corrected chi connectivity index (χ4v) is 1.77. The highest BCUT2D eigenvalue weighted by Crippen LogP contribution is 2.13. The Bertz CT molecular complexity index is 360. The number of carbonyl (C=O) groups excluding carboxylic acids is 1. The van der Waals surface area contributed by atoms with Crippen LogP contribution in [0.15, 0.2) is 6.33 Å². The normalized spacial score (nSPS) is 19.7. The molecule has 1 aliphatic rings. The van der Waals surface area contributed by atoms with Gasteiger partial charge in [0.1, 0.15) is 0 Å². The summed E-state index contributed by atoms with van der Waals surface area (Å²) in [4.78, 5) is 20.9. The number of amides is 1. The summed E-state index contributed by atoms with van der Waals surface area (Å²) in [5.41, 5.74) is 2.11. The Balaban J connectivity index is 2.06. The predicted octanol–water partition coefficient (Wildman–Crippen LogP) is -0.0977. The number of imidazole rings is 1. The molecule has 0 spiro atoms. The lowest BCUT2D eigenvalue weighted by Crippen LogP contribution is -2.48. The molecule has 5 heteroatoms. The Hall–Kier alpha value is -1.36. The number of H-pyrrole nitrogens is 1. The summed E-state index contributed by atoms with van der Waals surface area (Å²) in [7, 11) is 1.82. The summed E-state index contributed by atoms with van der Waals surface area (Å²) in [5, 5.41) is 3.21. The lowest BCUT2D eigenvalue weighted by atomic mass is 10.0. The molecule has 5 nitrogen and oxygen atoms in total. The molecule has 1 amide bonds. The molecule has 1 aromatic rings. The zero-order valence-electron chi connectivity index (χ0n) is 9.08. The van der Waals surface area contributed by atoms with Crippen molar-refractivity contribution >= 4 is 5.91 Å². The van der Waals surface area contributed by atoms with Gasteiger partial charge in [-0.3, -0.25) is 10.1 Å². The van der Waals surface area contributed by atoms with Crippen molar-refractivity contribution in [2.75, 3.05) is 13.6 Å². The van der Waals surface area contributed by atoms with Crippen LogP contribution in [-0.4, -0.2) is 40.4 Å². The second kappa shape index (κ2) is 4.02. The summed E-state index contributed by atoms with van der Waals surface area (Å²) in [6.07, 6.45) is 2.37. The third-order valence-corrected chi connectivity index (χ3v) is 2.88. The molecule has 0 fully saturated rings. The highest BCUT2D eigenvalue weighted by molar-refractivity contribution is 5.82. The molecule has 2 heterocycles. The number of aromatic nitrogens is 2. The van der Waals surface area contributed by atoms with Crippen LogP contribution in [0.25, 0.3) is 0 Å². The molecular weight excluding hydrogens is 192 g/mol. The van der Waals surface area contributed by atoms with Gasteiger partial charge in [0.2, 0.25) is 5.91 Å². The molecule has 2 N–H and O–H groups in total. The molecule has 0 aromatic carbocycles. The minimum atomic E-state index is -0.120. The van der Waals surface area contributed by atoms with E-state index in [1.54, 1.807) is 11.2 Å². The van der Waals surface area contributed by atoms with Gasteiger partial charge in [0.15, 0.2) is 0 Å². The van der Waals surface area contributed by atoms with Crippen LogP contribution >= 0.6 is 0 Å². The summed E-state index contributed by atoms with van der Waals surface area (Å²) in [6, 6.07) is -0.120. The molecule has 15 heavy (non-hydrogen) atoms. The summed E-state index contributed by atoms with van der Waals surface area (Å²) >= 11 is 0. The van der Waals surface area contributed by atoms with Crippen molar-refractivity contribution in [1.82, 2.24) is 20.2 Å². The molecule has 1 aliphatic heterocycles. The van der Waals surface area contributed by atoms with Crippen LogP contribution in [0, 0.1) is 0 Å². The number of likely N-dealkylation sites (N-methyl/N-ethyl adjacent to an activating group) is 1. The van der Waals surface area contributed by atoms with E-state index in [0.717, 1.165) is 17.9 Å². The number of fused-ring (bicyclic) bond motifs is 1. The quantitative estimate of drug-likeness (QED) is 0.713. The van der Waals surface area contributed by atoms with E-state index in [2.05, 4.69) is 15.3 Å². The van der Waals surface area contributed by atoms with E-state index in [-0.39, 0.29) is 11.9 Å². The Morgan fingerprint density at radius 1 is 1.73 bits per heavy atom. The van der Waals surface area contributed by atoms with Crippen LogP contribution in [0.3, 0.4) is 0 Å². The molecule has 0 bridgehead atoms. The van der Waals surface area contributed by atoms with E-state index in [0.29, 0.717) is 13.0 Å². The molecule has 0 aliphatic carbocycles. The zero-order valence-corrected chi connectivity index (χ0v) is 9.08. The van der Waals surface area contributed by atoms with Crippen LogP contribution in [0.5, 0.6) is 0 Å². The van der Waals surface area contributed by atoms with Gasteiger partial charge in [0.05, 0.1) is 23.8 Å². The van der Waals surface area contributed by atoms with Crippen LogP contribution < -0.4 is 5.32 Å². The lowest BCUT2D eigenvalue weighted by molar-refractivity contribution is -0.132. The van der Waals surface area contributed by atoms with Crippen LogP contribution in [0.4, 0.5) is 0 Å². The molecule has 1 aromatic heterocycles. The molecule has 2 rings (SSSR count). The first-order valence-corrected chi connectivity index (χ1v) is 5.22. The first kappa shape index (κ1) is 10.2. The Morgan fingerprint density at radius 2 is 2.53 bits per heavy atom. The van der Waals surface area contributed by atoms with E-state index >= 15 is 0 Å². The lowest BCUT2D eigenvalue weighted by Gasteiger charge is -2.26. The average molecular weight is 208 g/mol. The fourth-order valence-electron chi connectivity index (χ4n) is 1.77. The molecule has 0 radical (unpaired) electrons. The highest BCUT2D eigenvalue weighted by atomic mass is 16.2. The number of aromatic amines is 1. The van der Waals surface area contributed by atoms with E-state index in [1.807, 2.05) is 14.0 Å². The first-order valence-electron chi connectivity index (χ1n) is 5.22. The van der Waals surface area contributed by atoms with Crippen molar-refractivity contribution in [1.29, 1.82) is 0 Å². The third-order valence-electron chi connectivity index (χ3n) is 2.88. The Morgan fingerprint density at radius 3 is 3.27 bits per heavy atom. The standard InChI is InChI=1S/C10H16N4O/c1-3-14(2)10(15)8-4-7-9(5-11-8)13-6-12-7/h6,8,11H,3-5H2,1-2H3,(H,12,13). The van der Waals surface area contributed by atoms with E-state index in [1.165, 1.54) is 0 Å². The van der Waals surface area contributed by atoms with E-state index < -0.39 is 0 Å². The summed E-state index contributed by atoms with van der Waals surface area (Å²) in [5.74, 6) is 0.145. The summed E-state index contributed by atoms with van der Waals surface area (Å²) < 4.78 is 0. The van der Waals surface area contributed by atoms with Gasteiger partial charge in [0.25, 0.3) is 0 Å². The number of rotatable bonds is 2. The topological polar surface area (TPSA) is 61.0 Å². The number of hydrogen-bond acceptors (Lipinski definition) is 3. The number of hydrogen-bond donors (Lipinski definition) is 2. The monoisotopic (exact) mass is 208 g/mol. The maximum Gasteiger partial charge on any atom is 0.239 e. The molecule has 0 saturated heterocycles. The fraction of sp³-hybridized carbons (Fsp3) is 0.600. The van der Waals surface area contributed by atoms with E-state index in [4.69, 9.17) is 0 Å². The van der Waals surface area contributed by atoms with Gasteiger partial charge in [0, 0.05) is 26.6 Å². The second-order valence-electron chi connectivity index (χ2n) is 3.82. The smallest absolute Gasteiger partial charge is 0.239 e. The Labute approximate surface area is 88.9 Å². The summed E-state index contributed by atoms with van der Waals surface area (Å²) in [6.45, 7) is 3.41. The van der Waals surface area contributed by atoms with E-state index in [9.17, 15) is 4.79 Å². The SMILES string of the molecule is CCN(C)C(=O)C1Cc2nc[nH]c2CN1. The van der Waals surface area contributed by atoms with Crippen molar-refractivity contribution in [2.45, 2.75) is 25.9 Å². The van der Waals surface area contributed by atoms with Gasteiger partial charge < -0.3 is 9.88 Å². The zero-order chi connectivity index (χ0) is 10.8.